The van der Waals surface area contributed by atoms with Gasteiger partial charge in [-0.2, -0.15) is 8.78 Å². The van der Waals surface area contributed by atoms with E-state index in [0.717, 1.165) is 4.13 Å². The maximum atomic E-state index is 13.0. The molecule has 1 aliphatic rings. The zero-order chi connectivity index (χ0) is 11.7. The highest BCUT2D eigenvalue weighted by molar-refractivity contribution is 8.05. The van der Waals surface area contributed by atoms with Gasteiger partial charge in [-0.1, -0.05) is 6.42 Å². The number of rotatable bonds is 0. The summed E-state index contributed by atoms with van der Waals surface area (Å²) in [6.45, 7) is 0. The first-order valence-corrected chi connectivity index (χ1v) is 7.43. The summed E-state index contributed by atoms with van der Waals surface area (Å²) < 4.78 is 71.2. The van der Waals surface area contributed by atoms with Gasteiger partial charge < -0.3 is 0 Å². The van der Waals surface area contributed by atoms with Crippen molar-refractivity contribution in [2.24, 2.45) is 0 Å². The van der Waals surface area contributed by atoms with Crippen LogP contribution >= 0.6 is 0 Å². The zero-order valence-corrected chi connectivity index (χ0v) is 9.37. The Morgan fingerprint density at radius 3 is 2.20 bits per heavy atom. The summed E-state index contributed by atoms with van der Waals surface area (Å²) in [5.74, 6) is -0.442. The van der Waals surface area contributed by atoms with Crippen molar-refractivity contribution in [3.05, 3.63) is 0 Å². The van der Waals surface area contributed by atoms with Gasteiger partial charge in [0, 0.05) is 6.42 Å². The molecule has 0 atom stereocenters. The third-order valence-electron chi connectivity index (χ3n) is 2.01. The van der Waals surface area contributed by atoms with E-state index in [1.165, 1.54) is 0 Å². The fourth-order valence-corrected chi connectivity index (χ4v) is 4.36. The SMILES string of the molecule is O=S1(=O)CCCCCC(F)(F)S(=O)(=O)N1. The average molecular weight is 263 g/mol. The van der Waals surface area contributed by atoms with E-state index in [2.05, 4.69) is 0 Å². The van der Waals surface area contributed by atoms with Crippen LogP contribution in [-0.4, -0.2) is 27.8 Å². The third-order valence-corrected chi connectivity index (χ3v) is 5.72. The van der Waals surface area contributed by atoms with Crippen molar-refractivity contribution in [1.29, 1.82) is 0 Å². The smallest absolute Gasteiger partial charge is 0.211 e. The van der Waals surface area contributed by atoms with Crippen LogP contribution in [0.25, 0.3) is 0 Å². The molecule has 1 saturated heterocycles. The van der Waals surface area contributed by atoms with Gasteiger partial charge in [-0.25, -0.2) is 16.8 Å². The van der Waals surface area contributed by atoms with Crippen molar-refractivity contribution >= 4 is 20.0 Å². The maximum Gasteiger partial charge on any atom is 0.360 e. The summed E-state index contributed by atoms with van der Waals surface area (Å²) in [6, 6.07) is 0. The van der Waals surface area contributed by atoms with Crippen LogP contribution in [0, 0.1) is 0 Å². The average Bonchev–Trinajstić information content (AvgIpc) is 2.01. The van der Waals surface area contributed by atoms with Gasteiger partial charge in [-0.05, 0) is 12.8 Å². The van der Waals surface area contributed by atoms with Crippen molar-refractivity contribution in [3.63, 3.8) is 0 Å². The zero-order valence-electron chi connectivity index (χ0n) is 7.74. The summed E-state index contributed by atoms with van der Waals surface area (Å²) in [4.78, 5) is 0. The molecule has 15 heavy (non-hydrogen) atoms. The molecule has 0 spiro atoms. The van der Waals surface area contributed by atoms with Crippen LogP contribution in [0.3, 0.4) is 0 Å². The molecule has 9 heteroatoms. The molecule has 0 radical (unpaired) electrons. The van der Waals surface area contributed by atoms with Gasteiger partial charge in [0.25, 0.3) is 10.0 Å². The first-order valence-electron chi connectivity index (χ1n) is 4.30. The van der Waals surface area contributed by atoms with Crippen LogP contribution in [0.1, 0.15) is 25.7 Å². The van der Waals surface area contributed by atoms with E-state index in [-0.39, 0.29) is 19.3 Å². The first kappa shape index (κ1) is 12.8. The van der Waals surface area contributed by atoms with E-state index in [9.17, 15) is 25.6 Å². The van der Waals surface area contributed by atoms with E-state index >= 15 is 0 Å². The Balaban J connectivity index is 3.09. The van der Waals surface area contributed by atoms with Crippen molar-refractivity contribution in [2.75, 3.05) is 5.75 Å². The Hall–Kier alpha value is -0.280. The van der Waals surface area contributed by atoms with Crippen LogP contribution in [0.5, 0.6) is 0 Å². The highest BCUT2D eigenvalue weighted by Gasteiger charge is 2.46. The van der Waals surface area contributed by atoms with Gasteiger partial charge in [0.15, 0.2) is 0 Å². The third kappa shape index (κ3) is 3.08. The van der Waals surface area contributed by atoms with E-state index in [1.54, 1.807) is 0 Å². The molecule has 0 saturated carbocycles. The van der Waals surface area contributed by atoms with Gasteiger partial charge in [-0.3, -0.25) is 0 Å². The van der Waals surface area contributed by atoms with E-state index < -0.39 is 37.5 Å². The summed E-state index contributed by atoms with van der Waals surface area (Å²) in [7, 11) is -9.29. The topological polar surface area (TPSA) is 80.3 Å². The molecule has 0 aromatic rings. The molecule has 0 bridgehead atoms. The molecule has 0 aromatic carbocycles. The normalized spacial score (nSPS) is 29.7. The summed E-state index contributed by atoms with van der Waals surface area (Å²) >= 11 is 0. The molecule has 1 fully saturated rings. The quantitative estimate of drug-likeness (QED) is 0.686. The molecular weight excluding hydrogens is 252 g/mol. The van der Waals surface area contributed by atoms with Crippen molar-refractivity contribution in [3.8, 4) is 0 Å². The molecule has 1 aliphatic heterocycles. The van der Waals surface area contributed by atoms with Gasteiger partial charge >= 0.3 is 5.25 Å². The molecule has 0 unspecified atom stereocenters. The Morgan fingerprint density at radius 1 is 1.00 bits per heavy atom. The lowest BCUT2D eigenvalue weighted by atomic mass is 10.2. The van der Waals surface area contributed by atoms with E-state index in [4.69, 9.17) is 0 Å². The minimum atomic E-state index is -5.12. The lowest BCUT2D eigenvalue weighted by Crippen LogP contribution is -2.42. The number of nitrogens with one attached hydrogen (secondary N) is 1. The largest absolute Gasteiger partial charge is 0.360 e. The van der Waals surface area contributed by atoms with Gasteiger partial charge in [0.1, 0.15) is 0 Å². The second-order valence-corrected chi connectivity index (χ2v) is 7.26. The lowest BCUT2D eigenvalue weighted by molar-refractivity contribution is 0.0786. The Kier molecular flexibility index (Phi) is 3.36. The van der Waals surface area contributed by atoms with Gasteiger partial charge in [0.2, 0.25) is 10.0 Å². The summed E-state index contributed by atoms with van der Waals surface area (Å²) in [5, 5.41) is -4.02. The van der Waals surface area contributed by atoms with Crippen LogP contribution in [0.4, 0.5) is 8.78 Å². The highest BCUT2D eigenvalue weighted by Crippen LogP contribution is 2.29. The molecule has 1 heterocycles. The molecule has 0 amide bonds. The molecule has 1 N–H and O–H groups in total. The van der Waals surface area contributed by atoms with Gasteiger partial charge in [0.05, 0.1) is 5.75 Å². The fraction of sp³-hybridized carbons (Fsp3) is 1.00. The van der Waals surface area contributed by atoms with Crippen molar-refractivity contribution in [2.45, 2.75) is 30.9 Å². The second-order valence-electron chi connectivity index (χ2n) is 3.35. The fourth-order valence-electron chi connectivity index (χ4n) is 1.20. The molecule has 5 nitrogen and oxygen atoms in total. The molecule has 1 rings (SSSR count). The van der Waals surface area contributed by atoms with Crippen LogP contribution in [-0.2, 0) is 20.0 Å². The minimum absolute atomic E-state index is 0.0105. The number of hydrogen-bond donors (Lipinski definition) is 1. The standard InChI is InChI=1S/C6H11F2NO4S2/c7-6(8)4-2-1-3-5-14(10,11)9-15(6,12)13/h9H,1-5H2. The van der Waals surface area contributed by atoms with Crippen LogP contribution in [0.15, 0.2) is 0 Å². The molecule has 0 aromatic heterocycles. The summed E-state index contributed by atoms with van der Waals surface area (Å²) in [6.07, 6.45) is -0.408. The molecule has 90 valence electrons. The number of sulfonamides is 2. The van der Waals surface area contributed by atoms with E-state index in [1.807, 2.05) is 0 Å². The predicted molar refractivity (Wildman–Crippen MR) is 49.3 cm³/mol. The van der Waals surface area contributed by atoms with E-state index in [0.29, 0.717) is 0 Å². The molecular formula is C6H11F2NO4S2. The maximum absolute atomic E-state index is 13.0. The summed E-state index contributed by atoms with van der Waals surface area (Å²) in [5.41, 5.74) is 0. The predicted octanol–water partition coefficient (Wildman–Crippen LogP) is 0.402. The monoisotopic (exact) mass is 263 g/mol. The lowest BCUT2D eigenvalue weighted by Gasteiger charge is -2.15. The van der Waals surface area contributed by atoms with Gasteiger partial charge in [-0.15, -0.1) is 4.13 Å². The Bertz CT molecular complexity index is 428. The van der Waals surface area contributed by atoms with Crippen molar-refractivity contribution < 1.29 is 25.6 Å². The first-order chi connectivity index (χ1) is 6.66. The number of halogens is 2. The number of alkyl halides is 2. The Labute approximate surface area is 87.0 Å². The minimum Gasteiger partial charge on any atom is -0.211 e. The number of hydrogen-bond acceptors (Lipinski definition) is 4. The highest BCUT2D eigenvalue weighted by atomic mass is 32.3. The van der Waals surface area contributed by atoms with Crippen LogP contribution in [0.2, 0.25) is 0 Å². The molecule has 0 aliphatic carbocycles. The van der Waals surface area contributed by atoms with Crippen molar-refractivity contribution in [1.82, 2.24) is 4.13 Å². The Morgan fingerprint density at radius 2 is 1.60 bits per heavy atom. The second kappa shape index (κ2) is 3.95. The van der Waals surface area contributed by atoms with Crippen LogP contribution < -0.4 is 4.13 Å².